The molecule has 1 saturated carbocycles. The SMILES string of the molecule is COC1C[C@@]2(C)c3nc(-c4ccncc4)nc(-c4ccc(C(F)(F)F)cc4)c3CC[C@@H]2[C@@H](C)C1=O. The number of hydrogen-bond acceptors (Lipinski definition) is 5. The lowest BCUT2D eigenvalue weighted by Gasteiger charge is -2.50. The third-order valence-corrected chi connectivity index (χ3v) is 7.76. The fourth-order valence-electron chi connectivity index (χ4n) is 5.90. The van der Waals surface area contributed by atoms with Gasteiger partial charge in [0.25, 0.3) is 0 Å². The molecule has 8 heteroatoms. The highest BCUT2D eigenvalue weighted by Gasteiger charge is 2.53. The van der Waals surface area contributed by atoms with Crippen LogP contribution in [0.25, 0.3) is 22.6 Å². The molecule has 0 radical (unpaired) electrons. The molecule has 2 aliphatic carbocycles. The van der Waals surface area contributed by atoms with E-state index < -0.39 is 23.3 Å². The smallest absolute Gasteiger partial charge is 0.374 e. The summed E-state index contributed by atoms with van der Waals surface area (Å²) in [5.41, 5.74) is 2.65. The highest BCUT2D eigenvalue weighted by Crippen LogP contribution is 2.52. The van der Waals surface area contributed by atoms with Gasteiger partial charge in [-0.05, 0) is 49.4 Å². The fraction of sp³-hybridized carbons (Fsp3) is 0.407. The zero-order valence-corrected chi connectivity index (χ0v) is 19.8. The van der Waals surface area contributed by atoms with Crippen molar-refractivity contribution in [2.75, 3.05) is 7.11 Å². The van der Waals surface area contributed by atoms with Gasteiger partial charge in [0.05, 0.1) is 17.0 Å². The number of fused-ring (bicyclic) bond motifs is 3. The van der Waals surface area contributed by atoms with Crippen molar-refractivity contribution in [2.45, 2.75) is 50.8 Å². The lowest BCUT2D eigenvalue weighted by Crippen LogP contribution is -2.53. The number of carbonyl (C=O) groups is 1. The first kappa shape index (κ1) is 23.6. The van der Waals surface area contributed by atoms with Gasteiger partial charge in [0.15, 0.2) is 11.6 Å². The summed E-state index contributed by atoms with van der Waals surface area (Å²) in [5.74, 6) is 0.515. The van der Waals surface area contributed by atoms with E-state index in [1.807, 2.05) is 19.1 Å². The molecule has 2 aromatic heterocycles. The van der Waals surface area contributed by atoms with Crippen LogP contribution in [0.15, 0.2) is 48.8 Å². The van der Waals surface area contributed by atoms with Gasteiger partial charge in [0.1, 0.15) is 6.10 Å². The average Bonchev–Trinajstić information content (AvgIpc) is 2.86. The summed E-state index contributed by atoms with van der Waals surface area (Å²) in [6.07, 6.45) is 0.309. The number of halogens is 3. The highest BCUT2D eigenvalue weighted by atomic mass is 19.4. The number of hydrogen-bond donors (Lipinski definition) is 0. The predicted molar refractivity (Wildman–Crippen MR) is 124 cm³/mol. The van der Waals surface area contributed by atoms with Gasteiger partial charge in [0, 0.05) is 47.5 Å². The van der Waals surface area contributed by atoms with Gasteiger partial charge in [-0.25, -0.2) is 9.97 Å². The molecular weight excluding hydrogens is 455 g/mol. The minimum atomic E-state index is -4.41. The number of rotatable bonds is 3. The summed E-state index contributed by atoms with van der Waals surface area (Å²) in [5, 5.41) is 0. The molecule has 4 atom stereocenters. The Morgan fingerprint density at radius 2 is 1.71 bits per heavy atom. The van der Waals surface area contributed by atoms with Gasteiger partial charge in [-0.3, -0.25) is 9.78 Å². The minimum absolute atomic E-state index is 0.0922. The number of methoxy groups -OCH3 is 1. The number of carbonyl (C=O) groups excluding carboxylic acids is 1. The number of ketones is 1. The second-order valence-corrected chi connectivity index (χ2v) is 9.72. The van der Waals surface area contributed by atoms with E-state index >= 15 is 0 Å². The zero-order valence-electron chi connectivity index (χ0n) is 19.8. The molecule has 35 heavy (non-hydrogen) atoms. The summed E-state index contributed by atoms with van der Waals surface area (Å²) in [6.45, 7) is 4.09. The van der Waals surface area contributed by atoms with Gasteiger partial charge in [-0.1, -0.05) is 26.0 Å². The Morgan fingerprint density at radius 1 is 1.03 bits per heavy atom. The molecule has 0 N–H and O–H groups in total. The number of pyridine rings is 1. The first-order chi connectivity index (χ1) is 16.6. The van der Waals surface area contributed by atoms with E-state index in [2.05, 4.69) is 11.9 Å². The summed E-state index contributed by atoms with van der Waals surface area (Å²) in [6, 6.07) is 8.75. The highest BCUT2D eigenvalue weighted by molar-refractivity contribution is 5.87. The zero-order chi connectivity index (χ0) is 25.0. The molecule has 1 aromatic carbocycles. The number of ether oxygens (including phenoxy) is 1. The first-order valence-electron chi connectivity index (χ1n) is 11.7. The molecular formula is C27H26F3N3O2. The minimum Gasteiger partial charge on any atom is -0.374 e. The topological polar surface area (TPSA) is 65.0 Å². The van der Waals surface area contributed by atoms with Crippen molar-refractivity contribution in [1.29, 1.82) is 0 Å². The van der Waals surface area contributed by atoms with Crippen LogP contribution >= 0.6 is 0 Å². The molecule has 1 unspecified atom stereocenters. The molecule has 3 aromatic rings. The van der Waals surface area contributed by atoms with Crippen LogP contribution in [0.1, 0.15) is 43.5 Å². The number of nitrogens with zero attached hydrogens (tertiary/aromatic N) is 3. The maximum Gasteiger partial charge on any atom is 0.416 e. The summed E-state index contributed by atoms with van der Waals surface area (Å²) >= 11 is 0. The Balaban J connectivity index is 1.72. The van der Waals surface area contributed by atoms with Gasteiger partial charge in [-0.2, -0.15) is 13.2 Å². The van der Waals surface area contributed by atoms with Crippen molar-refractivity contribution < 1.29 is 22.7 Å². The number of benzene rings is 1. The number of aromatic nitrogens is 3. The van der Waals surface area contributed by atoms with Crippen LogP contribution in [0.3, 0.4) is 0 Å². The van der Waals surface area contributed by atoms with E-state index in [9.17, 15) is 18.0 Å². The third kappa shape index (κ3) is 3.93. The van der Waals surface area contributed by atoms with Crippen molar-refractivity contribution in [3.05, 3.63) is 65.6 Å². The van der Waals surface area contributed by atoms with E-state index in [1.165, 1.54) is 12.1 Å². The third-order valence-electron chi connectivity index (χ3n) is 7.76. The summed E-state index contributed by atoms with van der Waals surface area (Å²) in [4.78, 5) is 26.8. The van der Waals surface area contributed by atoms with E-state index in [0.717, 1.165) is 35.4 Å². The molecule has 5 nitrogen and oxygen atoms in total. The lowest BCUT2D eigenvalue weighted by atomic mass is 9.55. The van der Waals surface area contributed by atoms with Crippen LogP contribution in [-0.2, 0) is 27.5 Å². The van der Waals surface area contributed by atoms with E-state index in [1.54, 1.807) is 19.5 Å². The van der Waals surface area contributed by atoms with Crippen LogP contribution in [0, 0.1) is 11.8 Å². The van der Waals surface area contributed by atoms with Gasteiger partial charge in [0.2, 0.25) is 0 Å². The van der Waals surface area contributed by atoms with Crippen LogP contribution in [0.5, 0.6) is 0 Å². The maximum atomic E-state index is 13.2. The quantitative estimate of drug-likeness (QED) is 0.482. The Labute approximate surface area is 201 Å². The summed E-state index contributed by atoms with van der Waals surface area (Å²) in [7, 11) is 1.55. The molecule has 182 valence electrons. The molecule has 1 fully saturated rings. The molecule has 5 rings (SSSR count). The predicted octanol–water partition coefficient (Wildman–Crippen LogP) is 5.67. The average molecular weight is 482 g/mol. The molecule has 0 amide bonds. The van der Waals surface area contributed by atoms with E-state index in [-0.39, 0.29) is 17.6 Å². The van der Waals surface area contributed by atoms with Crippen LogP contribution < -0.4 is 0 Å². The molecule has 0 aliphatic heterocycles. The number of alkyl halides is 3. The van der Waals surface area contributed by atoms with Gasteiger partial charge >= 0.3 is 6.18 Å². The van der Waals surface area contributed by atoms with Crippen molar-refractivity contribution in [3.63, 3.8) is 0 Å². The Kier molecular flexibility index (Phi) is 5.74. The molecule has 0 saturated heterocycles. The Hall–Kier alpha value is -3.13. The Morgan fingerprint density at radius 3 is 2.34 bits per heavy atom. The van der Waals surface area contributed by atoms with Crippen molar-refractivity contribution in [3.8, 4) is 22.6 Å². The fourth-order valence-corrected chi connectivity index (χ4v) is 5.90. The van der Waals surface area contributed by atoms with E-state index in [4.69, 9.17) is 14.7 Å². The van der Waals surface area contributed by atoms with Crippen LogP contribution in [-0.4, -0.2) is 33.9 Å². The normalized spacial score (nSPS) is 26.2. The second-order valence-electron chi connectivity index (χ2n) is 9.72. The van der Waals surface area contributed by atoms with Gasteiger partial charge in [-0.15, -0.1) is 0 Å². The van der Waals surface area contributed by atoms with Gasteiger partial charge < -0.3 is 4.74 Å². The molecule has 0 bridgehead atoms. The van der Waals surface area contributed by atoms with Crippen molar-refractivity contribution >= 4 is 5.78 Å². The second kappa shape index (κ2) is 8.52. The largest absolute Gasteiger partial charge is 0.416 e. The first-order valence-corrected chi connectivity index (χ1v) is 11.7. The summed E-state index contributed by atoms with van der Waals surface area (Å²) < 4.78 is 45.1. The van der Waals surface area contributed by atoms with Crippen LogP contribution in [0.2, 0.25) is 0 Å². The van der Waals surface area contributed by atoms with Crippen molar-refractivity contribution in [1.82, 2.24) is 15.0 Å². The van der Waals surface area contributed by atoms with E-state index in [0.29, 0.717) is 29.9 Å². The monoisotopic (exact) mass is 481 g/mol. The maximum absolute atomic E-state index is 13.2. The molecule has 2 heterocycles. The molecule has 2 aliphatic rings. The molecule has 0 spiro atoms. The number of Topliss-reactive ketones (excluding diaryl/α,β-unsaturated/α-hetero) is 1. The standard InChI is InChI=1S/C27H26F3N3O2/c1-15-20-9-8-19-22(16-4-6-18(7-5-16)27(28,29)30)32-25(17-10-12-31-13-11-17)33-24(19)26(20,2)14-21(35-3)23(15)34/h4-7,10-13,15,20-21H,8-9,14H2,1-3H3/t15-,20-,21?,26-/m1/s1. The lowest BCUT2D eigenvalue weighted by molar-refractivity contribution is -0.143. The van der Waals surface area contributed by atoms with Crippen LogP contribution in [0.4, 0.5) is 13.2 Å². The Bertz CT molecular complexity index is 1260. The van der Waals surface area contributed by atoms with Crippen molar-refractivity contribution in [2.24, 2.45) is 11.8 Å².